The zero-order valence-electron chi connectivity index (χ0n) is 19.6. The number of hydrogen-bond acceptors (Lipinski definition) is 4. The van der Waals surface area contributed by atoms with Gasteiger partial charge in [-0.15, -0.1) is 24.0 Å². The van der Waals surface area contributed by atoms with Crippen LogP contribution in [0.4, 0.5) is 0 Å². The van der Waals surface area contributed by atoms with Gasteiger partial charge in [0.05, 0.1) is 14.2 Å². The van der Waals surface area contributed by atoms with E-state index in [-0.39, 0.29) is 24.0 Å². The van der Waals surface area contributed by atoms with E-state index in [1.54, 1.807) is 14.2 Å². The van der Waals surface area contributed by atoms with Gasteiger partial charge in [0.25, 0.3) is 0 Å². The maximum Gasteiger partial charge on any atom is 0.193 e. The molecule has 6 nitrogen and oxygen atoms in total. The first-order valence-electron chi connectivity index (χ1n) is 11.6. The summed E-state index contributed by atoms with van der Waals surface area (Å²) in [5, 5.41) is 3.58. The maximum absolute atomic E-state index is 5.44. The van der Waals surface area contributed by atoms with Gasteiger partial charge in [-0.05, 0) is 69.4 Å². The first kappa shape index (κ1) is 26.0. The number of aliphatic imine (C=N–C) groups is 1. The molecule has 31 heavy (non-hydrogen) atoms. The number of rotatable bonds is 9. The Hall–Kier alpha value is -1.22. The molecule has 2 aliphatic heterocycles. The second-order valence-corrected chi connectivity index (χ2v) is 8.51. The molecule has 0 aliphatic carbocycles. The van der Waals surface area contributed by atoms with E-state index in [1.807, 2.05) is 13.1 Å². The van der Waals surface area contributed by atoms with Crippen LogP contribution in [0.3, 0.4) is 0 Å². The van der Waals surface area contributed by atoms with Gasteiger partial charge in [-0.25, -0.2) is 0 Å². The molecular formula is C24H41IN4O2. The van der Waals surface area contributed by atoms with Crippen molar-refractivity contribution >= 4 is 29.9 Å². The summed E-state index contributed by atoms with van der Waals surface area (Å²) < 4.78 is 10.9. The quantitative estimate of drug-likeness (QED) is 0.217. The van der Waals surface area contributed by atoms with Crippen LogP contribution in [0.1, 0.15) is 56.4 Å². The van der Waals surface area contributed by atoms with Crippen molar-refractivity contribution in [3.8, 4) is 11.5 Å². The molecule has 1 aromatic rings. The Labute approximate surface area is 205 Å². The highest BCUT2D eigenvalue weighted by Crippen LogP contribution is 2.32. The third kappa shape index (κ3) is 8.00. The van der Waals surface area contributed by atoms with Crippen LogP contribution in [-0.4, -0.2) is 76.3 Å². The Morgan fingerprint density at radius 2 is 1.71 bits per heavy atom. The molecule has 0 saturated carbocycles. The highest BCUT2D eigenvalue weighted by molar-refractivity contribution is 14.0. The van der Waals surface area contributed by atoms with E-state index in [0.29, 0.717) is 5.92 Å². The number of methoxy groups -OCH3 is 2. The predicted molar refractivity (Wildman–Crippen MR) is 139 cm³/mol. The van der Waals surface area contributed by atoms with Crippen LogP contribution < -0.4 is 14.8 Å². The first-order valence-corrected chi connectivity index (χ1v) is 11.6. The standard InChI is InChI=1S/C24H40N4O2.HI/c1-25-24(26-11-6-4-7-12-27-13-8-5-9-14-27)28-15-10-20(19-28)21-16-22(29-2)18-23(17-21)30-3;/h16-18,20H,4-15,19H2,1-3H3,(H,25,26);1H. The molecule has 2 saturated heterocycles. The zero-order chi connectivity index (χ0) is 21.2. The molecule has 1 unspecified atom stereocenters. The van der Waals surface area contributed by atoms with Gasteiger partial charge in [-0.1, -0.05) is 12.8 Å². The second kappa shape index (κ2) is 14.0. The smallest absolute Gasteiger partial charge is 0.193 e. The van der Waals surface area contributed by atoms with Gasteiger partial charge in [-0.2, -0.15) is 0 Å². The van der Waals surface area contributed by atoms with Crippen molar-refractivity contribution in [2.24, 2.45) is 4.99 Å². The molecule has 2 fully saturated rings. The monoisotopic (exact) mass is 544 g/mol. The van der Waals surface area contributed by atoms with E-state index < -0.39 is 0 Å². The van der Waals surface area contributed by atoms with Crippen LogP contribution in [0.2, 0.25) is 0 Å². The molecule has 1 aromatic carbocycles. The highest BCUT2D eigenvalue weighted by atomic mass is 127. The van der Waals surface area contributed by atoms with Crippen molar-refractivity contribution in [3.05, 3.63) is 23.8 Å². The number of hydrogen-bond donors (Lipinski definition) is 1. The number of likely N-dealkylation sites (tertiary alicyclic amines) is 2. The predicted octanol–water partition coefficient (Wildman–Crippen LogP) is 4.34. The van der Waals surface area contributed by atoms with Crippen molar-refractivity contribution < 1.29 is 9.47 Å². The van der Waals surface area contributed by atoms with Gasteiger partial charge in [0, 0.05) is 38.7 Å². The molecule has 2 heterocycles. The van der Waals surface area contributed by atoms with Crippen molar-refractivity contribution in [1.82, 2.24) is 15.1 Å². The van der Waals surface area contributed by atoms with Crippen molar-refractivity contribution in [2.75, 3.05) is 60.5 Å². The van der Waals surface area contributed by atoms with Gasteiger partial charge < -0.3 is 24.6 Å². The van der Waals surface area contributed by atoms with E-state index in [0.717, 1.165) is 43.5 Å². The maximum atomic E-state index is 5.44. The SMILES string of the molecule is CN=C(NCCCCCN1CCCCC1)N1CCC(c2cc(OC)cc(OC)c2)C1.I. The molecule has 7 heteroatoms. The summed E-state index contributed by atoms with van der Waals surface area (Å²) in [6.45, 7) is 6.89. The van der Waals surface area contributed by atoms with Gasteiger partial charge in [0.1, 0.15) is 11.5 Å². The lowest BCUT2D eigenvalue weighted by molar-refractivity contribution is 0.224. The van der Waals surface area contributed by atoms with Crippen LogP contribution in [0.25, 0.3) is 0 Å². The third-order valence-electron chi connectivity index (χ3n) is 6.43. The summed E-state index contributed by atoms with van der Waals surface area (Å²) in [5.74, 6) is 3.21. The van der Waals surface area contributed by atoms with Gasteiger partial charge in [0.15, 0.2) is 5.96 Å². The van der Waals surface area contributed by atoms with Crippen LogP contribution in [0.5, 0.6) is 11.5 Å². The third-order valence-corrected chi connectivity index (χ3v) is 6.43. The van der Waals surface area contributed by atoms with Crippen molar-refractivity contribution in [1.29, 1.82) is 0 Å². The molecule has 1 N–H and O–H groups in total. The topological polar surface area (TPSA) is 49.3 Å². The Bertz CT molecular complexity index is 657. The number of guanidine groups is 1. The number of nitrogens with one attached hydrogen (secondary N) is 1. The molecule has 176 valence electrons. The summed E-state index contributed by atoms with van der Waals surface area (Å²) in [6.07, 6.45) is 9.11. The number of halogens is 1. The van der Waals surface area contributed by atoms with Crippen molar-refractivity contribution in [3.63, 3.8) is 0 Å². The molecule has 0 bridgehead atoms. The Balaban J connectivity index is 0.00000341. The Kier molecular flexibility index (Phi) is 11.8. The minimum atomic E-state index is 0. The van der Waals surface area contributed by atoms with E-state index in [4.69, 9.17) is 9.47 Å². The van der Waals surface area contributed by atoms with Gasteiger partial charge in [0.2, 0.25) is 0 Å². The number of nitrogens with zero attached hydrogens (tertiary/aromatic N) is 3. The minimum Gasteiger partial charge on any atom is -0.497 e. The molecule has 2 aliphatic rings. The summed E-state index contributed by atoms with van der Waals surface area (Å²) >= 11 is 0. The van der Waals surface area contributed by atoms with Gasteiger partial charge >= 0.3 is 0 Å². The Morgan fingerprint density at radius 3 is 2.35 bits per heavy atom. The first-order chi connectivity index (χ1) is 14.7. The average molecular weight is 545 g/mol. The lowest BCUT2D eigenvalue weighted by atomic mass is 9.98. The van der Waals surface area contributed by atoms with Crippen molar-refractivity contribution in [2.45, 2.75) is 50.9 Å². The van der Waals surface area contributed by atoms with E-state index >= 15 is 0 Å². The van der Waals surface area contributed by atoms with E-state index in [2.05, 4.69) is 32.2 Å². The molecule has 0 radical (unpaired) electrons. The van der Waals surface area contributed by atoms with E-state index in [9.17, 15) is 0 Å². The molecule has 0 aromatic heterocycles. The molecule has 0 spiro atoms. The number of ether oxygens (including phenoxy) is 2. The summed E-state index contributed by atoms with van der Waals surface area (Å²) in [4.78, 5) is 9.54. The molecule has 1 atom stereocenters. The fourth-order valence-corrected chi connectivity index (χ4v) is 4.64. The minimum absolute atomic E-state index is 0. The van der Waals surface area contributed by atoms with Crippen LogP contribution in [-0.2, 0) is 0 Å². The van der Waals surface area contributed by atoms with Gasteiger partial charge in [-0.3, -0.25) is 4.99 Å². The van der Waals surface area contributed by atoms with Crippen LogP contribution in [0.15, 0.2) is 23.2 Å². The normalized spacial score (nSPS) is 19.8. The number of benzene rings is 1. The lowest BCUT2D eigenvalue weighted by Crippen LogP contribution is -2.40. The summed E-state index contributed by atoms with van der Waals surface area (Å²) in [6, 6.07) is 6.20. The number of piperidine rings is 1. The zero-order valence-corrected chi connectivity index (χ0v) is 21.9. The van der Waals surface area contributed by atoms with E-state index in [1.165, 1.54) is 63.7 Å². The molecule has 0 amide bonds. The Morgan fingerprint density at radius 1 is 1.00 bits per heavy atom. The highest BCUT2D eigenvalue weighted by Gasteiger charge is 2.26. The molecule has 3 rings (SSSR count). The lowest BCUT2D eigenvalue weighted by Gasteiger charge is -2.26. The number of unbranched alkanes of at least 4 members (excludes halogenated alkanes) is 2. The fraction of sp³-hybridized carbons (Fsp3) is 0.708. The summed E-state index contributed by atoms with van der Waals surface area (Å²) in [5.41, 5.74) is 1.28. The van der Waals surface area contributed by atoms with Crippen LogP contribution >= 0.6 is 24.0 Å². The fourth-order valence-electron chi connectivity index (χ4n) is 4.64. The summed E-state index contributed by atoms with van der Waals surface area (Å²) in [7, 11) is 5.30. The van der Waals surface area contributed by atoms with Crippen LogP contribution in [0, 0.1) is 0 Å². The average Bonchev–Trinajstić information content (AvgIpc) is 3.29. The second-order valence-electron chi connectivity index (χ2n) is 8.51. The largest absolute Gasteiger partial charge is 0.497 e. The molecular weight excluding hydrogens is 503 g/mol.